The summed E-state index contributed by atoms with van der Waals surface area (Å²) >= 11 is 0. The molecule has 0 atom stereocenters. The van der Waals surface area contributed by atoms with Gasteiger partial charge in [-0.05, 0) is 19.1 Å². The van der Waals surface area contributed by atoms with Gasteiger partial charge in [-0.2, -0.15) is 5.10 Å². The Labute approximate surface area is 145 Å². The first-order valence-corrected chi connectivity index (χ1v) is 8.07. The van der Waals surface area contributed by atoms with Crippen LogP contribution < -0.4 is 4.74 Å². The lowest BCUT2D eigenvalue weighted by atomic mass is 10.0. The number of nitrogens with zero attached hydrogens (tertiary/aromatic N) is 4. The van der Waals surface area contributed by atoms with Gasteiger partial charge in [-0.3, -0.25) is 4.68 Å². The molecular weight excluding hydrogens is 312 g/mol. The zero-order valence-electron chi connectivity index (χ0n) is 14.4. The Morgan fingerprint density at radius 1 is 0.960 bits per heavy atom. The zero-order valence-corrected chi connectivity index (χ0v) is 14.4. The van der Waals surface area contributed by atoms with E-state index in [1.54, 1.807) is 13.4 Å². The number of ether oxygens (including phenoxy) is 1. The molecule has 5 nitrogen and oxygen atoms in total. The molecule has 0 radical (unpaired) electrons. The van der Waals surface area contributed by atoms with Crippen LogP contribution in [0.25, 0.3) is 33.4 Å². The third-order valence-corrected chi connectivity index (χ3v) is 4.46. The molecule has 25 heavy (non-hydrogen) atoms. The molecule has 5 heteroatoms. The Balaban J connectivity index is 2.01. The second kappa shape index (κ2) is 6.02. The Bertz CT molecular complexity index is 1050. The van der Waals surface area contributed by atoms with Gasteiger partial charge in [-0.25, -0.2) is 9.97 Å². The Hall–Kier alpha value is -3.21. The van der Waals surface area contributed by atoms with E-state index in [9.17, 15) is 0 Å². The summed E-state index contributed by atoms with van der Waals surface area (Å²) in [5, 5.41) is 5.71. The fourth-order valence-electron chi connectivity index (χ4n) is 3.05. The highest BCUT2D eigenvalue weighted by atomic mass is 16.5. The van der Waals surface area contributed by atoms with E-state index in [0.29, 0.717) is 0 Å². The van der Waals surface area contributed by atoms with Crippen LogP contribution in [0.5, 0.6) is 5.75 Å². The number of methoxy groups -OCH3 is 1. The predicted octanol–water partition coefficient (Wildman–Crippen LogP) is 4.01. The van der Waals surface area contributed by atoms with Crippen molar-refractivity contribution in [3.63, 3.8) is 0 Å². The molecule has 2 aromatic heterocycles. The number of benzene rings is 2. The summed E-state index contributed by atoms with van der Waals surface area (Å²) in [7, 11) is 3.61. The van der Waals surface area contributed by atoms with Crippen molar-refractivity contribution < 1.29 is 4.74 Å². The molecule has 4 rings (SSSR count). The van der Waals surface area contributed by atoms with Gasteiger partial charge in [0, 0.05) is 35.3 Å². The van der Waals surface area contributed by atoms with E-state index in [0.717, 1.165) is 44.9 Å². The van der Waals surface area contributed by atoms with Crippen molar-refractivity contribution in [3.8, 4) is 28.3 Å². The normalized spacial score (nSPS) is 11.0. The van der Waals surface area contributed by atoms with E-state index in [4.69, 9.17) is 9.84 Å². The fraction of sp³-hybridized carbons (Fsp3) is 0.150. The summed E-state index contributed by atoms with van der Waals surface area (Å²) in [6.45, 7) is 2.06. The van der Waals surface area contributed by atoms with E-state index in [2.05, 4.69) is 29.0 Å². The maximum atomic E-state index is 5.31. The summed E-state index contributed by atoms with van der Waals surface area (Å²) in [6.07, 6.45) is 1.60. The Morgan fingerprint density at radius 2 is 1.76 bits per heavy atom. The van der Waals surface area contributed by atoms with Crippen molar-refractivity contribution in [2.24, 2.45) is 7.05 Å². The lowest BCUT2D eigenvalue weighted by molar-refractivity contribution is 0.415. The molecule has 0 fully saturated rings. The van der Waals surface area contributed by atoms with Gasteiger partial charge in [0.1, 0.15) is 17.8 Å². The first-order chi connectivity index (χ1) is 12.2. The van der Waals surface area contributed by atoms with E-state index in [1.807, 2.05) is 48.1 Å². The van der Waals surface area contributed by atoms with Crippen LogP contribution in [0.2, 0.25) is 0 Å². The average Bonchev–Trinajstić information content (AvgIpc) is 2.96. The van der Waals surface area contributed by atoms with Gasteiger partial charge >= 0.3 is 0 Å². The second-order valence-corrected chi connectivity index (χ2v) is 5.90. The minimum atomic E-state index is 0.781. The van der Waals surface area contributed by atoms with E-state index < -0.39 is 0 Å². The molecule has 0 spiro atoms. The van der Waals surface area contributed by atoms with Gasteiger partial charge < -0.3 is 4.74 Å². The lowest BCUT2D eigenvalue weighted by Crippen LogP contribution is -1.94. The minimum absolute atomic E-state index is 0.781. The summed E-state index contributed by atoms with van der Waals surface area (Å²) in [5.41, 5.74) is 5.84. The first-order valence-electron chi connectivity index (χ1n) is 8.07. The van der Waals surface area contributed by atoms with Gasteiger partial charge in [-0.1, -0.05) is 30.3 Å². The van der Waals surface area contributed by atoms with Gasteiger partial charge in [0.15, 0.2) is 0 Å². The van der Waals surface area contributed by atoms with Crippen molar-refractivity contribution in [1.29, 1.82) is 0 Å². The molecular formula is C20H18N4O. The van der Waals surface area contributed by atoms with Crippen LogP contribution in [-0.2, 0) is 7.05 Å². The smallest absolute Gasteiger partial charge is 0.121 e. The fourth-order valence-corrected chi connectivity index (χ4v) is 3.05. The molecule has 0 amide bonds. The molecule has 4 aromatic rings. The van der Waals surface area contributed by atoms with Crippen molar-refractivity contribution in [1.82, 2.24) is 19.7 Å². The molecule has 124 valence electrons. The number of fused-ring (bicyclic) bond motifs is 1. The Morgan fingerprint density at radius 3 is 2.52 bits per heavy atom. The lowest BCUT2D eigenvalue weighted by Gasteiger charge is -2.08. The Kier molecular flexibility index (Phi) is 3.69. The topological polar surface area (TPSA) is 52.8 Å². The number of rotatable bonds is 3. The molecule has 0 aliphatic rings. The van der Waals surface area contributed by atoms with Crippen molar-refractivity contribution in [2.45, 2.75) is 6.92 Å². The molecule has 0 saturated carbocycles. The van der Waals surface area contributed by atoms with Crippen LogP contribution in [-0.4, -0.2) is 26.9 Å². The number of hydrogen-bond donors (Lipinski definition) is 0. The first kappa shape index (κ1) is 15.3. The highest BCUT2D eigenvalue weighted by molar-refractivity contribution is 5.97. The van der Waals surface area contributed by atoms with Crippen LogP contribution >= 0.6 is 0 Å². The minimum Gasteiger partial charge on any atom is -0.497 e. The highest BCUT2D eigenvalue weighted by Crippen LogP contribution is 2.36. The molecule has 0 aliphatic carbocycles. The van der Waals surface area contributed by atoms with Crippen LogP contribution in [0.15, 0.2) is 54.9 Å². The van der Waals surface area contributed by atoms with Crippen LogP contribution in [0.1, 0.15) is 5.69 Å². The SMILES string of the molecule is COc1ccc2c(-c3c(-c4ccccc4)nn(C)c3C)ncnc2c1. The van der Waals surface area contributed by atoms with Gasteiger partial charge in [0.05, 0.1) is 18.3 Å². The van der Waals surface area contributed by atoms with E-state index in [1.165, 1.54) is 0 Å². The molecule has 2 heterocycles. The molecule has 0 unspecified atom stereocenters. The monoisotopic (exact) mass is 330 g/mol. The van der Waals surface area contributed by atoms with Crippen molar-refractivity contribution in [2.75, 3.05) is 7.11 Å². The highest BCUT2D eigenvalue weighted by Gasteiger charge is 2.19. The van der Waals surface area contributed by atoms with Gasteiger partial charge in [0.2, 0.25) is 0 Å². The number of hydrogen-bond acceptors (Lipinski definition) is 4. The zero-order chi connectivity index (χ0) is 17.4. The quantitative estimate of drug-likeness (QED) is 0.569. The summed E-state index contributed by atoms with van der Waals surface area (Å²) in [6, 6.07) is 16.0. The molecule has 0 saturated heterocycles. The number of aryl methyl sites for hydroxylation is 1. The van der Waals surface area contributed by atoms with Crippen molar-refractivity contribution >= 4 is 10.9 Å². The van der Waals surface area contributed by atoms with Crippen LogP contribution in [0, 0.1) is 6.92 Å². The largest absolute Gasteiger partial charge is 0.497 e. The number of aromatic nitrogens is 4. The maximum absolute atomic E-state index is 5.31. The van der Waals surface area contributed by atoms with E-state index >= 15 is 0 Å². The summed E-state index contributed by atoms with van der Waals surface area (Å²) in [5.74, 6) is 0.781. The van der Waals surface area contributed by atoms with Gasteiger partial charge in [-0.15, -0.1) is 0 Å². The standard InChI is InChI=1S/C20H18N4O/c1-13-18(19(23-24(13)2)14-7-5-4-6-8-14)20-16-10-9-15(25-3)11-17(16)21-12-22-20/h4-12H,1-3H3. The average molecular weight is 330 g/mol. The van der Waals surface area contributed by atoms with Crippen molar-refractivity contribution in [3.05, 3.63) is 60.6 Å². The third kappa shape index (κ3) is 2.54. The maximum Gasteiger partial charge on any atom is 0.121 e. The summed E-state index contributed by atoms with van der Waals surface area (Å²) in [4.78, 5) is 8.98. The third-order valence-electron chi connectivity index (χ3n) is 4.46. The predicted molar refractivity (Wildman–Crippen MR) is 98.5 cm³/mol. The van der Waals surface area contributed by atoms with E-state index in [-0.39, 0.29) is 0 Å². The second-order valence-electron chi connectivity index (χ2n) is 5.90. The van der Waals surface area contributed by atoms with Gasteiger partial charge in [0.25, 0.3) is 0 Å². The van der Waals surface area contributed by atoms with Crippen LogP contribution in [0.3, 0.4) is 0 Å². The molecule has 0 N–H and O–H groups in total. The van der Waals surface area contributed by atoms with Crippen LogP contribution in [0.4, 0.5) is 0 Å². The molecule has 2 aromatic carbocycles. The molecule has 0 bridgehead atoms. The molecule has 0 aliphatic heterocycles. The summed E-state index contributed by atoms with van der Waals surface area (Å²) < 4.78 is 7.21.